The molecule has 1 N–H and O–H groups in total. The van der Waals surface area contributed by atoms with Crippen molar-refractivity contribution in [1.29, 1.82) is 0 Å². The summed E-state index contributed by atoms with van der Waals surface area (Å²) in [5.74, 6) is -0.383. The van der Waals surface area contributed by atoms with Crippen molar-refractivity contribution >= 4 is 17.5 Å². The zero-order valence-corrected chi connectivity index (χ0v) is 12.4. The predicted molar refractivity (Wildman–Crippen MR) is 81.3 cm³/mol. The molecule has 2 aromatic carbocycles. The molecule has 0 aliphatic carbocycles. The molecule has 108 valence electrons. The number of hydrogen-bond donors (Lipinski definition) is 1. The third-order valence-electron chi connectivity index (χ3n) is 3.85. The fourth-order valence-corrected chi connectivity index (χ4v) is 2.94. The maximum atomic E-state index is 14.2. The second-order valence-corrected chi connectivity index (χ2v) is 5.70. The Balaban J connectivity index is 2.02. The molecule has 1 atom stereocenters. The first kappa shape index (κ1) is 14.1. The predicted octanol–water partition coefficient (Wildman–Crippen LogP) is 3.75. The minimum atomic E-state index is -0.607. The summed E-state index contributed by atoms with van der Waals surface area (Å²) < 4.78 is 14.2. The molecule has 1 heterocycles. The molecule has 1 amide bonds. The van der Waals surface area contributed by atoms with Gasteiger partial charge in [-0.15, -0.1) is 11.6 Å². The third kappa shape index (κ3) is 2.54. The zero-order chi connectivity index (χ0) is 15.0. The van der Waals surface area contributed by atoms with Crippen molar-refractivity contribution < 1.29 is 9.18 Å². The summed E-state index contributed by atoms with van der Waals surface area (Å²) in [5.41, 5.74) is 3.38. The molecular formula is C17H15ClFNO. The number of carbonyl (C=O) groups excluding carboxylic acids is 1. The number of fused-ring (bicyclic) bond motifs is 1. The zero-order valence-electron chi connectivity index (χ0n) is 11.6. The van der Waals surface area contributed by atoms with Crippen LogP contribution in [0, 0.1) is 12.7 Å². The molecule has 0 aromatic heterocycles. The Labute approximate surface area is 127 Å². The highest BCUT2D eigenvalue weighted by Gasteiger charge is 2.21. The lowest BCUT2D eigenvalue weighted by Gasteiger charge is -2.19. The van der Waals surface area contributed by atoms with E-state index in [1.165, 1.54) is 0 Å². The van der Waals surface area contributed by atoms with E-state index in [1.54, 1.807) is 31.2 Å². The first-order chi connectivity index (χ1) is 10.1. The van der Waals surface area contributed by atoms with E-state index in [0.29, 0.717) is 23.2 Å². The van der Waals surface area contributed by atoms with Crippen LogP contribution in [-0.2, 0) is 6.42 Å². The molecule has 1 aliphatic rings. The molecule has 1 aliphatic heterocycles. The second kappa shape index (κ2) is 5.49. The highest BCUT2D eigenvalue weighted by molar-refractivity contribution is 6.22. The van der Waals surface area contributed by atoms with Gasteiger partial charge in [-0.3, -0.25) is 4.79 Å². The molecule has 0 spiro atoms. The fraction of sp³-hybridized carbons (Fsp3) is 0.235. The molecule has 0 radical (unpaired) electrons. The van der Waals surface area contributed by atoms with Gasteiger partial charge in [-0.25, -0.2) is 4.39 Å². The summed E-state index contributed by atoms with van der Waals surface area (Å²) in [6.07, 6.45) is 0.813. The van der Waals surface area contributed by atoms with Crippen molar-refractivity contribution in [1.82, 2.24) is 5.32 Å². The van der Waals surface area contributed by atoms with Gasteiger partial charge in [0.25, 0.3) is 5.91 Å². The summed E-state index contributed by atoms with van der Waals surface area (Å²) in [6.45, 7) is 2.37. The minimum Gasteiger partial charge on any atom is -0.352 e. The Morgan fingerprint density at radius 1 is 1.29 bits per heavy atom. The smallest absolute Gasteiger partial charge is 0.251 e. The van der Waals surface area contributed by atoms with Crippen LogP contribution >= 0.6 is 11.6 Å². The van der Waals surface area contributed by atoms with Crippen LogP contribution in [0.25, 0.3) is 0 Å². The van der Waals surface area contributed by atoms with E-state index in [4.69, 9.17) is 11.6 Å². The monoisotopic (exact) mass is 303 g/mol. The summed E-state index contributed by atoms with van der Waals surface area (Å²) in [6, 6.07) is 10.7. The SMILES string of the molecule is Cc1cccc(C(Cl)c2ccc3c(c2)C(=O)NCC3)c1F. The van der Waals surface area contributed by atoms with Gasteiger partial charge in [0.15, 0.2) is 0 Å². The van der Waals surface area contributed by atoms with E-state index in [9.17, 15) is 9.18 Å². The molecular weight excluding hydrogens is 289 g/mol. The summed E-state index contributed by atoms with van der Waals surface area (Å²) in [5, 5.41) is 2.20. The molecule has 0 saturated carbocycles. The van der Waals surface area contributed by atoms with Gasteiger partial charge in [-0.05, 0) is 36.1 Å². The van der Waals surface area contributed by atoms with Gasteiger partial charge in [0.1, 0.15) is 5.82 Å². The molecule has 2 aromatic rings. The molecule has 0 bridgehead atoms. The standard InChI is InChI=1S/C17H15ClFNO/c1-10-3-2-4-13(16(10)19)15(18)12-6-5-11-7-8-20-17(21)14(11)9-12/h2-6,9,15H,7-8H2,1H3,(H,20,21). The van der Waals surface area contributed by atoms with Crippen LogP contribution in [0.5, 0.6) is 0 Å². The highest BCUT2D eigenvalue weighted by atomic mass is 35.5. The molecule has 0 fully saturated rings. The van der Waals surface area contributed by atoms with Crippen LogP contribution in [-0.4, -0.2) is 12.5 Å². The van der Waals surface area contributed by atoms with E-state index in [1.807, 2.05) is 12.1 Å². The van der Waals surface area contributed by atoms with Crippen LogP contribution in [0.1, 0.15) is 38.0 Å². The molecule has 4 heteroatoms. The van der Waals surface area contributed by atoms with E-state index >= 15 is 0 Å². The van der Waals surface area contributed by atoms with Crippen molar-refractivity contribution in [3.05, 3.63) is 70.0 Å². The fourth-order valence-electron chi connectivity index (χ4n) is 2.63. The van der Waals surface area contributed by atoms with E-state index in [0.717, 1.165) is 17.5 Å². The van der Waals surface area contributed by atoms with Crippen LogP contribution in [0.2, 0.25) is 0 Å². The van der Waals surface area contributed by atoms with Crippen molar-refractivity contribution in [2.75, 3.05) is 6.54 Å². The first-order valence-corrected chi connectivity index (χ1v) is 7.31. The molecule has 21 heavy (non-hydrogen) atoms. The van der Waals surface area contributed by atoms with Crippen molar-refractivity contribution in [3.8, 4) is 0 Å². The van der Waals surface area contributed by atoms with E-state index in [-0.39, 0.29) is 11.7 Å². The van der Waals surface area contributed by atoms with Crippen LogP contribution in [0.4, 0.5) is 4.39 Å². The largest absolute Gasteiger partial charge is 0.352 e. The van der Waals surface area contributed by atoms with Crippen molar-refractivity contribution in [3.63, 3.8) is 0 Å². The number of alkyl halides is 1. The first-order valence-electron chi connectivity index (χ1n) is 6.88. The Bertz CT molecular complexity index is 714. The average molecular weight is 304 g/mol. The third-order valence-corrected chi connectivity index (χ3v) is 4.33. The maximum Gasteiger partial charge on any atom is 0.251 e. The number of carbonyl (C=O) groups is 1. The maximum absolute atomic E-state index is 14.2. The average Bonchev–Trinajstić information content (AvgIpc) is 2.49. The number of rotatable bonds is 2. The number of aryl methyl sites for hydroxylation is 1. The van der Waals surface area contributed by atoms with Gasteiger partial charge >= 0.3 is 0 Å². The Morgan fingerprint density at radius 3 is 2.90 bits per heavy atom. The van der Waals surface area contributed by atoms with E-state index in [2.05, 4.69) is 5.32 Å². The van der Waals surface area contributed by atoms with Gasteiger partial charge < -0.3 is 5.32 Å². The van der Waals surface area contributed by atoms with Gasteiger partial charge in [-0.2, -0.15) is 0 Å². The van der Waals surface area contributed by atoms with Gasteiger partial charge in [0, 0.05) is 17.7 Å². The van der Waals surface area contributed by atoms with Crippen LogP contribution in [0.15, 0.2) is 36.4 Å². The van der Waals surface area contributed by atoms with Crippen molar-refractivity contribution in [2.45, 2.75) is 18.7 Å². The summed E-state index contributed by atoms with van der Waals surface area (Å²) in [7, 11) is 0. The summed E-state index contributed by atoms with van der Waals surface area (Å²) >= 11 is 6.43. The minimum absolute atomic E-state index is 0.0910. The Hall–Kier alpha value is -1.87. The lowest BCUT2D eigenvalue weighted by Crippen LogP contribution is -2.31. The van der Waals surface area contributed by atoms with Gasteiger partial charge in [0.05, 0.1) is 5.38 Å². The van der Waals surface area contributed by atoms with Gasteiger partial charge in [-0.1, -0.05) is 30.3 Å². The molecule has 2 nitrogen and oxygen atoms in total. The normalized spacial score (nSPS) is 15.3. The summed E-state index contributed by atoms with van der Waals surface area (Å²) in [4.78, 5) is 11.9. The number of halogens is 2. The lowest BCUT2D eigenvalue weighted by atomic mass is 9.94. The quantitative estimate of drug-likeness (QED) is 0.841. The Morgan fingerprint density at radius 2 is 2.10 bits per heavy atom. The second-order valence-electron chi connectivity index (χ2n) is 5.26. The topological polar surface area (TPSA) is 29.1 Å². The molecule has 0 saturated heterocycles. The van der Waals surface area contributed by atoms with E-state index < -0.39 is 5.38 Å². The number of amides is 1. The van der Waals surface area contributed by atoms with Crippen LogP contribution < -0.4 is 5.32 Å². The Kier molecular flexibility index (Phi) is 3.68. The van der Waals surface area contributed by atoms with Crippen LogP contribution in [0.3, 0.4) is 0 Å². The number of benzene rings is 2. The highest BCUT2D eigenvalue weighted by Crippen LogP contribution is 2.33. The molecule has 3 rings (SSSR count). The molecule has 1 unspecified atom stereocenters. The lowest BCUT2D eigenvalue weighted by molar-refractivity contribution is 0.0946. The number of nitrogens with one attached hydrogen (secondary N) is 1. The van der Waals surface area contributed by atoms with Crippen molar-refractivity contribution in [2.24, 2.45) is 0 Å². The number of hydrogen-bond acceptors (Lipinski definition) is 1. The van der Waals surface area contributed by atoms with Gasteiger partial charge in [0.2, 0.25) is 0 Å².